The fourth-order valence-electron chi connectivity index (χ4n) is 1.65. The lowest BCUT2D eigenvalue weighted by Gasteiger charge is -2.22. The maximum Gasteiger partial charge on any atom is 0.218 e. The van der Waals surface area contributed by atoms with Crippen LogP contribution in [0.5, 0.6) is 5.88 Å². The zero-order valence-corrected chi connectivity index (χ0v) is 12.1. The number of aromatic nitrogens is 1. The van der Waals surface area contributed by atoms with E-state index in [1.807, 2.05) is 6.92 Å². The first-order valence-corrected chi connectivity index (χ1v) is 6.29. The molecule has 0 saturated heterocycles. The Morgan fingerprint density at radius 1 is 1.39 bits per heavy atom. The van der Waals surface area contributed by atoms with Gasteiger partial charge in [0.25, 0.3) is 0 Å². The number of aryl methyl sites for hydroxylation is 2. The van der Waals surface area contributed by atoms with Gasteiger partial charge >= 0.3 is 0 Å². The summed E-state index contributed by atoms with van der Waals surface area (Å²) in [5.74, 6) is 0.712. The smallest absolute Gasteiger partial charge is 0.218 e. The van der Waals surface area contributed by atoms with E-state index < -0.39 is 0 Å². The molecule has 100 valence electrons. The van der Waals surface area contributed by atoms with Crippen LogP contribution in [-0.4, -0.2) is 17.1 Å². The minimum atomic E-state index is 0.0764. The third-order valence-electron chi connectivity index (χ3n) is 2.57. The maximum atomic E-state index is 5.64. The number of nitrogens with zero attached hydrogens (tertiary/aromatic N) is 1. The molecule has 3 nitrogen and oxygen atoms in total. The van der Waals surface area contributed by atoms with Crippen molar-refractivity contribution in [3.05, 3.63) is 35.5 Å². The molecule has 1 aromatic heterocycles. The summed E-state index contributed by atoms with van der Waals surface area (Å²) in [7, 11) is 0. The van der Waals surface area contributed by atoms with E-state index in [4.69, 9.17) is 4.74 Å². The molecule has 1 heterocycles. The van der Waals surface area contributed by atoms with Crippen molar-refractivity contribution < 1.29 is 4.74 Å². The summed E-state index contributed by atoms with van der Waals surface area (Å²) < 4.78 is 5.64. The van der Waals surface area contributed by atoms with Crippen molar-refractivity contribution in [2.24, 2.45) is 0 Å². The van der Waals surface area contributed by atoms with E-state index in [0.717, 1.165) is 17.8 Å². The summed E-state index contributed by atoms with van der Waals surface area (Å²) in [6, 6.07) is 2.08. The first-order valence-electron chi connectivity index (χ1n) is 6.29. The van der Waals surface area contributed by atoms with Crippen LogP contribution in [0.25, 0.3) is 0 Å². The zero-order chi connectivity index (χ0) is 13.8. The molecule has 0 saturated carbocycles. The Morgan fingerprint density at radius 2 is 2.06 bits per heavy atom. The van der Waals surface area contributed by atoms with E-state index in [0.29, 0.717) is 12.5 Å². The number of hydrogen-bond donors (Lipinski definition) is 1. The average molecular weight is 248 g/mol. The van der Waals surface area contributed by atoms with Crippen LogP contribution in [0.4, 0.5) is 0 Å². The predicted molar refractivity (Wildman–Crippen MR) is 76.0 cm³/mol. The summed E-state index contributed by atoms with van der Waals surface area (Å²) in [4.78, 5) is 4.46. The monoisotopic (exact) mass is 248 g/mol. The SMILES string of the molecule is C=CCOc1nc(C)cc(C)c1CNC(C)(C)C. The molecule has 0 aromatic carbocycles. The second kappa shape index (κ2) is 6.01. The Kier molecular flexibility index (Phi) is 4.91. The standard InChI is InChI=1S/C15H24N2O/c1-7-8-18-14-13(10-16-15(4,5)6)11(2)9-12(3)17-14/h7,9,16H,1,8,10H2,2-6H3. The lowest BCUT2D eigenvalue weighted by atomic mass is 10.1. The second-order valence-electron chi connectivity index (χ2n) is 5.57. The van der Waals surface area contributed by atoms with E-state index in [1.54, 1.807) is 6.08 Å². The van der Waals surface area contributed by atoms with Crippen LogP contribution in [0.15, 0.2) is 18.7 Å². The third-order valence-corrected chi connectivity index (χ3v) is 2.57. The molecule has 0 fully saturated rings. The van der Waals surface area contributed by atoms with Gasteiger partial charge in [0.2, 0.25) is 5.88 Å². The molecule has 0 amide bonds. The van der Waals surface area contributed by atoms with Gasteiger partial charge in [-0.3, -0.25) is 0 Å². The molecule has 0 aliphatic rings. The van der Waals surface area contributed by atoms with Crippen LogP contribution in [-0.2, 0) is 6.54 Å². The van der Waals surface area contributed by atoms with Gasteiger partial charge in [0, 0.05) is 23.3 Å². The molecule has 0 bridgehead atoms. The Morgan fingerprint density at radius 3 is 2.61 bits per heavy atom. The first-order chi connectivity index (χ1) is 8.33. The van der Waals surface area contributed by atoms with E-state index in [-0.39, 0.29) is 5.54 Å². The van der Waals surface area contributed by atoms with Crippen LogP contribution in [0.2, 0.25) is 0 Å². The minimum Gasteiger partial charge on any atom is -0.473 e. The lowest BCUT2D eigenvalue weighted by molar-refractivity contribution is 0.337. The Bertz CT molecular complexity index is 419. The molecular weight excluding hydrogens is 224 g/mol. The van der Waals surface area contributed by atoms with Crippen molar-refractivity contribution in [2.45, 2.75) is 46.7 Å². The molecule has 1 N–H and O–H groups in total. The van der Waals surface area contributed by atoms with E-state index >= 15 is 0 Å². The van der Waals surface area contributed by atoms with Gasteiger partial charge in [0.05, 0.1) is 0 Å². The van der Waals surface area contributed by atoms with Crippen molar-refractivity contribution in [3.63, 3.8) is 0 Å². The fraction of sp³-hybridized carbons (Fsp3) is 0.533. The highest BCUT2D eigenvalue weighted by Crippen LogP contribution is 2.21. The summed E-state index contributed by atoms with van der Waals surface area (Å²) >= 11 is 0. The molecule has 0 atom stereocenters. The molecule has 1 aromatic rings. The van der Waals surface area contributed by atoms with Gasteiger partial charge in [-0.2, -0.15) is 0 Å². The second-order valence-corrected chi connectivity index (χ2v) is 5.57. The molecule has 0 aliphatic carbocycles. The largest absolute Gasteiger partial charge is 0.473 e. The molecule has 0 unspecified atom stereocenters. The van der Waals surface area contributed by atoms with Crippen molar-refractivity contribution >= 4 is 0 Å². The predicted octanol–water partition coefficient (Wildman–Crippen LogP) is 3.15. The van der Waals surface area contributed by atoms with Crippen molar-refractivity contribution in [3.8, 4) is 5.88 Å². The minimum absolute atomic E-state index is 0.0764. The molecular formula is C15H24N2O. The Hall–Kier alpha value is -1.35. The summed E-state index contributed by atoms with van der Waals surface area (Å²) in [6.45, 7) is 15.4. The van der Waals surface area contributed by atoms with Crippen molar-refractivity contribution in [1.29, 1.82) is 0 Å². The topological polar surface area (TPSA) is 34.1 Å². The highest BCUT2D eigenvalue weighted by molar-refractivity contribution is 5.36. The highest BCUT2D eigenvalue weighted by atomic mass is 16.5. The normalized spacial score (nSPS) is 11.4. The third kappa shape index (κ3) is 4.49. The van der Waals surface area contributed by atoms with Crippen LogP contribution in [0.3, 0.4) is 0 Å². The van der Waals surface area contributed by atoms with Crippen LogP contribution >= 0.6 is 0 Å². The number of pyridine rings is 1. The number of hydrogen-bond acceptors (Lipinski definition) is 3. The van der Waals surface area contributed by atoms with E-state index in [2.05, 4.69) is 50.6 Å². The summed E-state index contributed by atoms with van der Waals surface area (Å²) in [5.41, 5.74) is 3.38. The molecule has 18 heavy (non-hydrogen) atoms. The maximum absolute atomic E-state index is 5.64. The van der Waals surface area contributed by atoms with E-state index in [9.17, 15) is 0 Å². The Balaban J connectivity index is 2.95. The molecule has 3 heteroatoms. The van der Waals surface area contributed by atoms with Crippen LogP contribution in [0, 0.1) is 13.8 Å². The van der Waals surface area contributed by atoms with Crippen LogP contribution < -0.4 is 10.1 Å². The van der Waals surface area contributed by atoms with E-state index in [1.165, 1.54) is 5.56 Å². The van der Waals surface area contributed by atoms with Crippen LogP contribution in [0.1, 0.15) is 37.6 Å². The van der Waals surface area contributed by atoms with Crippen molar-refractivity contribution in [2.75, 3.05) is 6.61 Å². The van der Waals surface area contributed by atoms with Gasteiger partial charge in [-0.15, -0.1) is 0 Å². The van der Waals surface area contributed by atoms with Gasteiger partial charge in [-0.05, 0) is 46.2 Å². The Labute approximate surface area is 110 Å². The van der Waals surface area contributed by atoms with Gasteiger partial charge in [-0.1, -0.05) is 12.7 Å². The number of nitrogens with one attached hydrogen (secondary N) is 1. The average Bonchev–Trinajstić information content (AvgIpc) is 2.23. The van der Waals surface area contributed by atoms with Crippen molar-refractivity contribution in [1.82, 2.24) is 10.3 Å². The molecule has 0 radical (unpaired) electrons. The number of rotatable bonds is 5. The van der Waals surface area contributed by atoms with Gasteiger partial charge in [0.1, 0.15) is 6.61 Å². The van der Waals surface area contributed by atoms with Gasteiger partial charge < -0.3 is 10.1 Å². The lowest BCUT2D eigenvalue weighted by Crippen LogP contribution is -2.35. The van der Waals surface area contributed by atoms with Gasteiger partial charge in [0.15, 0.2) is 0 Å². The fourth-order valence-corrected chi connectivity index (χ4v) is 1.65. The highest BCUT2D eigenvalue weighted by Gasteiger charge is 2.14. The molecule has 0 spiro atoms. The number of ether oxygens (including phenoxy) is 1. The molecule has 1 rings (SSSR count). The summed E-state index contributed by atoms with van der Waals surface area (Å²) in [6.07, 6.45) is 1.74. The first kappa shape index (κ1) is 14.7. The summed E-state index contributed by atoms with van der Waals surface area (Å²) in [5, 5.41) is 3.47. The zero-order valence-electron chi connectivity index (χ0n) is 12.1. The quantitative estimate of drug-likeness (QED) is 0.813. The molecule has 0 aliphatic heterocycles. The van der Waals surface area contributed by atoms with Gasteiger partial charge in [-0.25, -0.2) is 4.98 Å².